The van der Waals surface area contributed by atoms with Crippen molar-refractivity contribution in [2.75, 3.05) is 59.4 Å². The number of Topliss-reactive ketones (excluding diaryl/α,β-unsaturated/α-hetero) is 1. The molecule has 44 heavy (non-hydrogen) atoms. The molecule has 0 radical (unpaired) electrons. The normalized spacial score (nSPS) is 12.8. The number of ketones is 1. The lowest BCUT2D eigenvalue weighted by Gasteiger charge is -2.22. The minimum Gasteiger partial charge on any atom is -0.490 e. The van der Waals surface area contributed by atoms with E-state index in [1.54, 1.807) is 21.6 Å². The summed E-state index contributed by atoms with van der Waals surface area (Å²) in [6.45, 7) is 18.7. The summed E-state index contributed by atoms with van der Waals surface area (Å²) in [5.41, 5.74) is 0.668. The summed E-state index contributed by atoms with van der Waals surface area (Å²) in [5, 5.41) is 2.80. The van der Waals surface area contributed by atoms with Crippen LogP contribution in [0.3, 0.4) is 0 Å². The number of carbonyl (C=O) groups is 2. The molecule has 0 aliphatic rings. The molecule has 1 atom stereocenters. The Morgan fingerprint density at radius 2 is 1.68 bits per heavy atom. The molecule has 0 aliphatic carbocycles. The highest BCUT2D eigenvalue weighted by Gasteiger charge is 2.18. The van der Waals surface area contributed by atoms with Gasteiger partial charge in [0.05, 0.1) is 33.0 Å². The monoisotopic (exact) mass is 655 g/mol. The highest BCUT2D eigenvalue weighted by Crippen LogP contribution is 2.38. The molecule has 1 unspecified atom stereocenters. The molecule has 10 heteroatoms. The smallest absolute Gasteiger partial charge is 0.246 e. The fourth-order valence-electron chi connectivity index (χ4n) is 3.60. The Morgan fingerprint density at radius 3 is 2.39 bits per heavy atom. The van der Waals surface area contributed by atoms with Crippen molar-refractivity contribution in [2.45, 2.75) is 84.3 Å². The summed E-state index contributed by atoms with van der Waals surface area (Å²) in [6, 6.07) is 7.62. The first-order valence-corrected chi connectivity index (χ1v) is 18.0. The molecule has 0 saturated carbocycles. The number of rotatable bonds is 26. The van der Waals surface area contributed by atoms with Crippen molar-refractivity contribution in [3.05, 3.63) is 42.0 Å². The Bertz CT molecular complexity index is 934. The summed E-state index contributed by atoms with van der Waals surface area (Å²) >= 11 is 0. The van der Waals surface area contributed by atoms with Crippen LogP contribution in [0.15, 0.2) is 36.4 Å². The summed E-state index contributed by atoms with van der Waals surface area (Å²) in [6.07, 6.45) is 6.92. The highest BCUT2D eigenvalue weighted by molar-refractivity contribution is 8.77. The van der Waals surface area contributed by atoms with E-state index in [0.717, 1.165) is 18.6 Å². The molecule has 0 spiro atoms. The quantitative estimate of drug-likeness (QED) is 0.0495. The van der Waals surface area contributed by atoms with Gasteiger partial charge in [0.25, 0.3) is 0 Å². The van der Waals surface area contributed by atoms with Crippen LogP contribution in [-0.2, 0) is 35.0 Å². The minimum absolute atomic E-state index is 0.00541. The Balaban J connectivity index is 2.38. The van der Waals surface area contributed by atoms with E-state index in [1.165, 1.54) is 6.42 Å². The number of hydrogen-bond donors (Lipinski definition) is 1. The number of benzene rings is 1. The molecule has 1 N–H and O–H groups in total. The van der Waals surface area contributed by atoms with Crippen LogP contribution in [0.25, 0.3) is 0 Å². The van der Waals surface area contributed by atoms with Gasteiger partial charge in [0.15, 0.2) is 0 Å². The predicted octanol–water partition coefficient (Wildman–Crippen LogP) is 6.90. The van der Waals surface area contributed by atoms with Gasteiger partial charge in [-0.3, -0.25) is 9.59 Å². The fourth-order valence-corrected chi connectivity index (χ4v) is 5.79. The molecule has 1 aromatic carbocycles. The Labute approximate surface area is 274 Å². The molecule has 1 rings (SSSR count). The van der Waals surface area contributed by atoms with Gasteiger partial charge in [-0.2, -0.15) is 0 Å². The van der Waals surface area contributed by atoms with Crippen LogP contribution in [0.2, 0.25) is 0 Å². The maximum atomic E-state index is 12.5. The maximum absolute atomic E-state index is 12.5. The number of nitrogens with one attached hydrogen (secondary N) is 1. The number of allylic oxidation sites excluding steroid dienone is 1. The van der Waals surface area contributed by atoms with Gasteiger partial charge < -0.3 is 29.0 Å². The minimum atomic E-state index is -0.237. The van der Waals surface area contributed by atoms with Crippen molar-refractivity contribution in [1.82, 2.24) is 5.32 Å². The second-order valence-corrected chi connectivity index (χ2v) is 15.5. The molecule has 8 nitrogen and oxygen atoms in total. The van der Waals surface area contributed by atoms with E-state index >= 15 is 0 Å². The first-order valence-electron chi connectivity index (χ1n) is 15.8. The number of ether oxygens (including phenoxy) is 5. The number of hydrogen-bond acceptors (Lipinski definition) is 9. The van der Waals surface area contributed by atoms with Gasteiger partial charge in [-0.1, -0.05) is 94.3 Å². The molecule has 252 valence electrons. The first-order chi connectivity index (χ1) is 20.9. The summed E-state index contributed by atoms with van der Waals surface area (Å²) in [5.74, 6) is 1.81. The molecule has 0 heterocycles. The molecule has 0 bridgehead atoms. The predicted molar refractivity (Wildman–Crippen MR) is 183 cm³/mol. The van der Waals surface area contributed by atoms with Gasteiger partial charge in [0.2, 0.25) is 5.91 Å². The largest absolute Gasteiger partial charge is 0.490 e. The van der Waals surface area contributed by atoms with Gasteiger partial charge in [0.1, 0.15) is 30.2 Å². The number of carbonyl (C=O) groups excluding carboxylic acids is 2. The second-order valence-electron chi connectivity index (χ2n) is 12.3. The number of amides is 1. The standard InChI is InChI=1S/C34H57NO7S2/c1-27(2)11-9-16-35-32(37)25-40-21-22-41-33(43-44-34(5,6)7)26-42-31-14-8-13-29(24-31)23-30(36)15-18-39-20-19-38-17-10-12-28(3)4/h8-9,11,13-14,24,27-28,33H,10,12,15-23,25-26H2,1-7H3,(H,35,37)/b11-9+. The van der Waals surface area contributed by atoms with Crippen LogP contribution in [0.5, 0.6) is 5.75 Å². The first kappa shape index (κ1) is 40.5. The Morgan fingerprint density at radius 1 is 0.955 bits per heavy atom. The van der Waals surface area contributed by atoms with Crippen LogP contribution in [0.4, 0.5) is 0 Å². The summed E-state index contributed by atoms with van der Waals surface area (Å²) < 4.78 is 28.8. The van der Waals surface area contributed by atoms with Crippen molar-refractivity contribution in [2.24, 2.45) is 11.8 Å². The lowest BCUT2D eigenvalue weighted by atomic mass is 10.1. The average molecular weight is 656 g/mol. The summed E-state index contributed by atoms with van der Waals surface area (Å²) in [7, 11) is 3.33. The lowest BCUT2D eigenvalue weighted by molar-refractivity contribution is -0.126. The van der Waals surface area contributed by atoms with E-state index in [0.29, 0.717) is 76.6 Å². The van der Waals surface area contributed by atoms with Gasteiger partial charge in [0, 0.05) is 30.7 Å². The van der Waals surface area contributed by atoms with Crippen molar-refractivity contribution >= 4 is 33.3 Å². The fraction of sp³-hybridized carbons (Fsp3) is 0.706. The van der Waals surface area contributed by atoms with Crippen molar-refractivity contribution in [3.8, 4) is 5.75 Å². The molecule has 0 aliphatic heterocycles. The SMILES string of the molecule is CC(C)/C=C/CNC(=O)COCCOC(COc1cccc(CC(=O)CCOCCOCCCC(C)C)c1)SSC(C)(C)C. The van der Waals surface area contributed by atoms with Crippen LogP contribution in [-0.4, -0.2) is 81.3 Å². The van der Waals surface area contributed by atoms with Crippen LogP contribution < -0.4 is 10.1 Å². The van der Waals surface area contributed by atoms with E-state index in [-0.39, 0.29) is 28.5 Å². The van der Waals surface area contributed by atoms with E-state index < -0.39 is 0 Å². The lowest BCUT2D eigenvalue weighted by Crippen LogP contribution is -2.28. The Hall–Kier alpha value is -1.56. The van der Waals surface area contributed by atoms with E-state index in [2.05, 4.69) is 53.8 Å². The topological polar surface area (TPSA) is 92.3 Å². The van der Waals surface area contributed by atoms with E-state index in [9.17, 15) is 9.59 Å². The highest BCUT2D eigenvalue weighted by atomic mass is 33.1. The summed E-state index contributed by atoms with van der Waals surface area (Å²) in [4.78, 5) is 24.4. The van der Waals surface area contributed by atoms with Gasteiger partial charge in [-0.15, -0.1) is 0 Å². The molecule has 1 amide bonds. The molecular formula is C34H57NO7S2. The maximum Gasteiger partial charge on any atom is 0.246 e. The third-order valence-electron chi connectivity index (χ3n) is 5.76. The molecule has 0 aromatic heterocycles. The Kier molecular flexibility index (Phi) is 22.7. The van der Waals surface area contributed by atoms with Gasteiger partial charge in [-0.25, -0.2) is 0 Å². The average Bonchev–Trinajstić information content (AvgIpc) is 2.94. The van der Waals surface area contributed by atoms with Gasteiger partial charge >= 0.3 is 0 Å². The third-order valence-corrected chi connectivity index (χ3v) is 9.28. The molecule has 0 fully saturated rings. The zero-order valence-electron chi connectivity index (χ0n) is 28.1. The van der Waals surface area contributed by atoms with E-state index in [4.69, 9.17) is 23.7 Å². The molecular weight excluding hydrogens is 599 g/mol. The van der Waals surface area contributed by atoms with E-state index in [1.807, 2.05) is 36.4 Å². The third kappa shape index (κ3) is 24.7. The molecule has 0 saturated heterocycles. The zero-order valence-corrected chi connectivity index (χ0v) is 29.7. The van der Waals surface area contributed by atoms with Crippen molar-refractivity contribution in [3.63, 3.8) is 0 Å². The second kappa shape index (κ2) is 24.6. The van der Waals surface area contributed by atoms with Crippen molar-refractivity contribution in [1.29, 1.82) is 0 Å². The van der Waals surface area contributed by atoms with Gasteiger partial charge in [-0.05, 0) is 42.4 Å². The van der Waals surface area contributed by atoms with Crippen LogP contribution in [0, 0.1) is 11.8 Å². The van der Waals surface area contributed by atoms with Crippen molar-refractivity contribution < 1.29 is 33.3 Å². The molecule has 1 aromatic rings. The van der Waals surface area contributed by atoms with Crippen LogP contribution >= 0.6 is 21.6 Å². The zero-order chi connectivity index (χ0) is 32.6. The van der Waals surface area contributed by atoms with Crippen LogP contribution in [0.1, 0.15) is 73.3 Å².